The van der Waals surface area contributed by atoms with E-state index in [4.69, 9.17) is 0 Å². The first kappa shape index (κ1) is 17.3. The highest BCUT2D eigenvalue weighted by molar-refractivity contribution is 5.77. The van der Waals surface area contributed by atoms with Gasteiger partial charge in [0.2, 0.25) is 0 Å². The first-order chi connectivity index (χ1) is 13.3. The van der Waals surface area contributed by atoms with Crippen LogP contribution in [0.15, 0.2) is 78.5 Å². The summed E-state index contributed by atoms with van der Waals surface area (Å²) in [6.45, 7) is 6.25. The summed E-state index contributed by atoms with van der Waals surface area (Å²) in [5.74, 6) is 0. The Morgan fingerprint density at radius 2 is 1.93 bits per heavy atom. The molecule has 0 fully saturated rings. The zero-order chi connectivity index (χ0) is 18.6. The molecule has 0 saturated heterocycles. The van der Waals surface area contributed by atoms with Gasteiger partial charge in [0.15, 0.2) is 5.69 Å². The number of aromatic nitrogens is 1. The number of para-hydroxylation sites is 1. The monoisotopic (exact) mass is 352 g/mol. The van der Waals surface area contributed by atoms with E-state index in [2.05, 4.69) is 108 Å². The van der Waals surface area contributed by atoms with Crippen LogP contribution >= 0.6 is 0 Å². The average Bonchev–Trinajstić information content (AvgIpc) is 2.73. The molecule has 0 N–H and O–H groups in total. The van der Waals surface area contributed by atoms with Crippen LogP contribution in [0.5, 0.6) is 0 Å². The number of nitrogens with zero attached hydrogens (tertiary/aromatic N) is 2. The number of rotatable bonds is 4. The Labute approximate surface area is 161 Å². The predicted molar refractivity (Wildman–Crippen MR) is 114 cm³/mol. The highest BCUT2D eigenvalue weighted by atomic mass is 15.1. The van der Waals surface area contributed by atoms with Crippen molar-refractivity contribution in [3.05, 3.63) is 95.8 Å². The molecule has 1 aliphatic rings. The number of benzene rings is 2. The number of fused-ring (bicyclic) bond motifs is 2. The molecule has 2 nitrogen and oxygen atoms in total. The van der Waals surface area contributed by atoms with E-state index in [1.54, 1.807) is 0 Å². The van der Waals surface area contributed by atoms with E-state index in [0.717, 1.165) is 13.1 Å². The van der Waals surface area contributed by atoms with Gasteiger partial charge in [-0.1, -0.05) is 41.8 Å². The van der Waals surface area contributed by atoms with E-state index in [1.807, 2.05) is 6.07 Å². The zero-order valence-electron chi connectivity index (χ0n) is 15.9. The van der Waals surface area contributed by atoms with Crippen LogP contribution in [0, 0.1) is 6.07 Å². The zero-order valence-corrected chi connectivity index (χ0v) is 15.9. The van der Waals surface area contributed by atoms with Crippen molar-refractivity contribution >= 4 is 28.7 Å². The minimum atomic E-state index is 0.930. The Morgan fingerprint density at radius 3 is 2.78 bits per heavy atom. The van der Waals surface area contributed by atoms with Gasteiger partial charge in [-0.15, -0.1) is 6.07 Å². The maximum atomic E-state index is 3.20. The molecule has 0 unspecified atom stereocenters. The van der Waals surface area contributed by atoms with E-state index in [-0.39, 0.29) is 0 Å². The van der Waals surface area contributed by atoms with Crippen LogP contribution in [0.1, 0.15) is 25.1 Å². The third kappa shape index (κ3) is 3.31. The van der Waals surface area contributed by atoms with E-state index in [9.17, 15) is 0 Å². The van der Waals surface area contributed by atoms with Crippen molar-refractivity contribution in [1.82, 2.24) is 0 Å². The van der Waals surface area contributed by atoms with Gasteiger partial charge in [0.1, 0.15) is 12.1 Å². The lowest BCUT2D eigenvalue weighted by atomic mass is 10.1. The van der Waals surface area contributed by atoms with Crippen molar-refractivity contribution in [2.24, 2.45) is 0 Å². The van der Waals surface area contributed by atoms with Gasteiger partial charge in [-0.3, -0.25) is 0 Å². The molecule has 0 atom stereocenters. The van der Waals surface area contributed by atoms with Crippen molar-refractivity contribution in [1.29, 1.82) is 0 Å². The number of pyridine rings is 1. The summed E-state index contributed by atoms with van der Waals surface area (Å²) in [4.78, 5) is 2.35. The summed E-state index contributed by atoms with van der Waals surface area (Å²) >= 11 is 0. The normalized spacial score (nSPS) is 15.0. The Morgan fingerprint density at radius 1 is 1.04 bits per heavy atom. The Bertz CT molecular complexity index is 1060. The van der Waals surface area contributed by atoms with E-state index < -0.39 is 0 Å². The number of hydrogen-bond acceptors (Lipinski definition) is 1. The van der Waals surface area contributed by atoms with Crippen LogP contribution in [0.25, 0.3) is 23.1 Å². The summed E-state index contributed by atoms with van der Waals surface area (Å²) in [5, 5.41) is 1.25. The topological polar surface area (TPSA) is 7.12 Å². The molecule has 2 aromatic carbocycles. The molecule has 3 aromatic rings. The number of anilines is 1. The van der Waals surface area contributed by atoms with Crippen molar-refractivity contribution in [2.45, 2.75) is 20.4 Å². The molecule has 0 radical (unpaired) electrons. The summed E-state index contributed by atoms with van der Waals surface area (Å²) in [6, 6.07) is 22.2. The van der Waals surface area contributed by atoms with Gasteiger partial charge in [0.05, 0.1) is 0 Å². The van der Waals surface area contributed by atoms with Gasteiger partial charge in [-0.05, 0) is 37.6 Å². The molecule has 2 heteroatoms. The molecule has 0 bridgehead atoms. The lowest BCUT2D eigenvalue weighted by Crippen LogP contribution is -2.36. The molecule has 4 rings (SSSR count). The fourth-order valence-corrected chi connectivity index (χ4v) is 3.73. The van der Waals surface area contributed by atoms with Crippen LogP contribution in [-0.4, -0.2) is 6.54 Å². The van der Waals surface area contributed by atoms with E-state index >= 15 is 0 Å². The number of likely N-dealkylation sites (N-methyl/N-ethyl adjacent to an activating group) is 1. The van der Waals surface area contributed by atoms with Crippen LogP contribution in [0.2, 0.25) is 0 Å². The summed E-state index contributed by atoms with van der Waals surface area (Å²) in [5.41, 5.74) is 6.17. The Hall–Kier alpha value is -3.13. The van der Waals surface area contributed by atoms with Crippen LogP contribution in [-0.2, 0) is 6.54 Å². The standard InChI is InChI=1S/C25H24N2/c1-3-26-22(18-16-20-10-5-7-14-24(20)26)12-9-13-23-19-17-21-11-6-8-15-25(21)27(23)4-2/h5-7,9-19H,3-4H2,1-2H3. The van der Waals surface area contributed by atoms with E-state index in [0.29, 0.717) is 0 Å². The van der Waals surface area contributed by atoms with Crippen molar-refractivity contribution < 1.29 is 4.57 Å². The van der Waals surface area contributed by atoms with Crippen LogP contribution < -0.4 is 9.47 Å². The minimum absolute atomic E-state index is 0.930. The Kier molecular flexibility index (Phi) is 4.88. The Balaban J connectivity index is 1.67. The third-order valence-corrected chi connectivity index (χ3v) is 5.05. The maximum Gasteiger partial charge on any atom is 0.194 e. The quantitative estimate of drug-likeness (QED) is 0.450. The summed E-state index contributed by atoms with van der Waals surface area (Å²) in [6.07, 6.45) is 10.9. The van der Waals surface area contributed by atoms with Crippen molar-refractivity contribution in [3.63, 3.8) is 0 Å². The molecule has 0 spiro atoms. The summed E-state index contributed by atoms with van der Waals surface area (Å²) < 4.78 is 2.32. The van der Waals surface area contributed by atoms with Gasteiger partial charge in [-0.2, -0.15) is 18.2 Å². The molecule has 2 heterocycles. The molecule has 0 amide bonds. The summed E-state index contributed by atoms with van der Waals surface area (Å²) in [7, 11) is 0. The molecule has 1 aromatic heterocycles. The first-order valence-electron chi connectivity index (χ1n) is 9.57. The highest BCUT2D eigenvalue weighted by Crippen LogP contribution is 2.30. The average molecular weight is 352 g/mol. The minimum Gasteiger partial charge on any atom is -0.341 e. The van der Waals surface area contributed by atoms with Gasteiger partial charge >= 0.3 is 0 Å². The molecular weight excluding hydrogens is 328 g/mol. The van der Waals surface area contributed by atoms with Crippen molar-refractivity contribution in [3.8, 4) is 0 Å². The van der Waals surface area contributed by atoms with Gasteiger partial charge < -0.3 is 4.90 Å². The first-order valence-corrected chi connectivity index (χ1v) is 9.57. The van der Waals surface area contributed by atoms with Crippen molar-refractivity contribution in [2.75, 3.05) is 11.4 Å². The smallest absolute Gasteiger partial charge is 0.194 e. The van der Waals surface area contributed by atoms with Gasteiger partial charge in [-0.25, -0.2) is 4.57 Å². The SMILES string of the molecule is CCN1/C(=C/C=C/c2ccc3cc[c-]cc3[n+]2CC)C=Cc2ccccc21. The van der Waals surface area contributed by atoms with E-state index in [1.165, 1.54) is 33.5 Å². The van der Waals surface area contributed by atoms with Gasteiger partial charge in [0, 0.05) is 30.1 Å². The molecular formula is C25H24N2. The van der Waals surface area contributed by atoms with Crippen LogP contribution in [0.3, 0.4) is 0 Å². The fraction of sp³-hybridized carbons (Fsp3) is 0.160. The fourth-order valence-electron chi connectivity index (χ4n) is 3.73. The number of allylic oxidation sites excluding steroid dienone is 3. The second-order valence-corrected chi connectivity index (χ2v) is 6.57. The highest BCUT2D eigenvalue weighted by Gasteiger charge is 2.14. The molecule has 134 valence electrons. The number of hydrogen-bond donors (Lipinski definition) is 0. The molecule has 1 aliphatic heterocycles. The lowest BCUT2D eigenvalue weighted by molar-refractivity contribution is -0.669. The second-order valence-electron chi connectivity index (χ2n) is 6.57. The molecule has 0 saturated carbocycles. The number of aryl methyl sites for hydroxylation is 1. The maximum absolute atomic E-state index is 3.20. The predicted octanol–water partition coefficient (Wildman–Crippen LogP) is 5.40. The molecule has 0 aliphatic carbocycles. The second kappa shape index (κ2) is 7.63. The largest absolute Gasteiger partial charge is 0.341 e. The van der Waals surface area contributed by atoms with Gasteiger partial charge in [0.25, 0.3) is 0 Å². The van der Waals surface area contributed by atoms with Crippen LogP contribution in [0.4, 0.5) is 5.69 Å². The molecule has 27 heavy (non-hydrogen) atoms. The lowest BCUT2D eigenvalue weighted by Gasteiger charge is -2.29. The third-order valence-electron chi connectivity index (χ3n) is 5.05.